The summed E-state index contributed by atoms with van der Waals surface area (Å²) in [5.41, 5.74) is 0.425. The molecule has 3 rings (SSSR count). The highest BCUT2D eigenvalue weighted by Crippen LogP contribution is 2.52. The highest BCUT2D eigenvalue weighted by atomic mass is 35.5. The lowest BCUT2D eigenvalue weighted by Crippen LogP contribution is -2.48. The van der Waals surface area contributed by atoms with Crippen molar-refractivity contribution in [3.63, 3.8) is 0 Å². The first-order valence-electron chi connectivity index (χ1n) is 4.71. The van der Waals surface area contributed by atoms with Crippen molar-refractivity contribution in [3.8, 4) is 0 Å². The van der Waals surface area contributed by atoms with E-state index in [1.165, 1.54) is 25.8 Å². The average Bonchev–Trinajstić information content (AvgIpc) is 2.61. The number of rotatable bonds is 1. The van der Waals surface area contributed by atoms with Crippen LogP contribution in [0, 0.1) is 5.92 Å². The highest BCUT2D eigenvalue weighted by Gasteiger charge is 2.51. The number of nitrogens with one attached hydrogen (secondary N) is 1. The molecule has 2 heterocycles. The molecule has 2 aliphatic rings. The molecule has 0 bridgehead atoms. The number of halogens is 1. The van der Waals surface area contributed by atoms with Crippen LogP contribution in [0.2, 0.25) is 0 Å². The fourth-order valence-electron chi connectivity index (χ4n) is 2.67. The number of hydrogen-bond donors (Lipinski definition) is 1. The van der Waals surface area contributed by atoms with Crippen LogP contribution in [-0.2, 0) is 5.54 Å². The fraction of sp³-hybridized carbons (Fsp3) is 0.600. The summed E-state index contributed by atoms with van der Waals surface area (Å²) >= 11 is 1.91. The Kier molecular flexibility index (Phi) is 2.39. The van der Waals surface area contributed by atoms with Crippen molar-refractivity contribution in [2.75, 3.05) is 6.54 Å². The minimum absolute atomic E-state index is 0. The van der Waals surface area contributed by atoms with Crippen LogP contribution in [0.5, 0.6) is 0 Å². The van der Waals surface area contributed by atoms with Crippen molar-refractivity contribution >= 4 is 23.7 Å². The van der Waals surface area contributed by atoms with Gasteiger partial charge in [0.15, 0.2) is 0 Å². The smallest absolute Gasteiger partial charge is 0.0557 e. The molecule has 1 aliphatic carbocycles. The lowest BCUT2D eigenvalue weighted by atomic mass is 9.67. The van der Waals surface area contributed by atoms with E-state index in [1.807, 2.05) is 11.3 Å². The lowest BCUT2D eigenvalue weighted by molar-refractivity contribution is 0.140. The second-order valence-corrected chi connectivity index (χ2v) is 4.85. The third-order valence-electron chi connectivity index (χ3n) is 3.48. The average molecular weight is 216 g/mol. The van der Waals surface area contributed by atoms with Gasteiger partial charge in [-0.3, -0.25) is 0 Å². The molecule has 2 fully saturated rings. The van der Waals surface area contributed by atoms with E-state index in [0.717, 1.165) is 5.92 Å². The van der Waals surface area contributed by atoms with Crippen LogP contribution in [0.15, 0.2) is 17.5 Å². The van der Waals surface area contributed by atoms with Gasteiger partial charge >= 0.3 is 0 Å². The summed E-state index contributed by atoms with van der Waals surface area (Å²) in [7, 11) is 0. The van der Waals surface area contributed by atoms with Crippen molar-refractivity contribution in [2.24, 2.45) is 5.92 Å². The first kappa shape index (κ1) is 9.50. The van der Waals surface area contributed by atoms with Gasteiger partial charge in [-0.25, -0.2) is 0 Å². The predicted molar refractivity (Wildman–Crippen MR) is 58.6 cm³/mol. The van der Waals surface area contributed by atoms with Crippen molar-refractivity contribution < 1.29 is 0 Å². The minimum Gasteiger partial charge on any atom is -0.306 e. The van der Waals surface area contributed by atoms with Crippen LogP contribution in [0.4, 0.5) is 0 Å². The van der Waals surface area contributed by atoms with E-state index in [2.05, 4.69) is 22.8 Å². The Morgan fingerprint density at radius 2 is 2.38 bits per heavy atom. The maximum absolute atomic E-state index is 3.68. The Balaban J connectivity index is 0.000000653. The largest absolute Gasteiger partial charge is 0.306 e. The molecule has 0 unspecified atom stereocenters. The number of thiophene rings is 1. The second kappa shape index (κ2) is 3.26. The Morgan fingerprint density at radius 3 is 2.92 bits per heavy atom. The van der Waals surface area contributed by atoms with Gasteiger partial charge in [0.25, 0.3) is 0 Å². The molecular weight excluding hydrogens is 202 g/mol. The Hall–Kier alpha value is -0.0500. The molecular formula is C10H14ClNS. The van der Waals surface area contributed by atoms with Crippen LogP contribution < -0.4 is 5.32 Å². The molecule has 2 atom stereocenters. The van der Waals surface area contributed by atoms with E-state index in [4.69, 9.17) is 0 Å². The Labute approximate surface area is 89.0 Å². The fourth-order valence-corrected chi connectivity index (χ4v) is 3.69. The molecule has 1 nitrogen and oxygen atoms in total. The number of hydrogen-bond acceptors (Lipinski definition) is 2. The van der Waals surface area contributed by atoms with Gasteiger partial charge < -0.3 is 5.32 Å². The molecule has 1 saturated carbocycles. The molecule has 3 heteroatoms. The third kappa shape index (κ3) is 1.16. The van der Waals surface area contributed by atoms with Crippen molar-refractivity contribution in [3.05, 3.63) is 22.4 Å². The summed E-state index contributed by atoms with van der Waals surface area (Å²) in [4.78, 5) is 1.57. The molecule has 1 aliphatic heterocycles. The minimum atomic E-state index is 0. The van der Waals surface area contributed by atoms with E-state index in [9.17, 15) is 0 Å². The van der Waals surface area contributed by atoms with E-state index >= 15 is 0 Å². The monoisotopic (exact) mass is 215 g/mol. The molecule has 1 aromatic rings. The Morgan fingerprint density at radius 1 is 1.46 bits per heavy atom. The Bertz CT molecular complexity index is 285. The summed E-state index contributed by atoms with van der Waals surface area (Å²) in [6.45, 7) is 1.22. The summed E-state index contributed by atoms with van der Waals surface area (Å²) in [6.07, 6.45) is 4.18. The first-order valence-corrected chi connectivity index (χ1v) is 5.59. The first-order chi connectivity index (χ1) is 5.92. The zero-order valence-electron chi connectivity index (χ0n) is 7.45. The maximum atomic E-state index is 3.68. The van der Waals surface area contributed by atoms with E-state index in [1.54, 1.807) is 4.88 Å². The van der Waals surface area contributed by atoms with Crippen LogP contribution in [0.3, 0.4) is 0 Å². The molecule has 0 amide bonds. The van der Waals surface area contributed by atoms with Gasteiger partial charge in [-0.2, -0.15) is 0 Å². The molecule has 13 heavy (non-hydrogen) atoms. The van der Waals surface area contributed by atoms with Crippen LogP contribution in [0.25, 0.3) is 0 Å². The summed E-state index contributed by atoms with van der Waals surface area (Å²) in [5.74, 6) is 0.941. The van der Waals surface area contributed by atoms with E-state index < -0.39 is 0 Å². The predicted octanol–water partition coefficient (Wildman–Crippen LogP) is 2.77. The molecule has 0 spiro atoms. The van der Waals surface area contributed by atoms with Gasteiger partial charge in [0.2, 0.25) is 0 Å². The molecule has 1 aromatic heterocycles. The lowest BCUT2D eigenvalue weighted by Gasteiger charge is -2.44. The maximum Gasteiger partial charge on any atom is 0.0557 e. The second-order valence-electron chi connectivity index (χ2n) is 3.90. The van der Waals surface area contributed by atoms with Crippen molar-refractivity contribution in [2.45, 2.75) is 24.8 Å². The molecule has 72 valence electrons. The highest BCUT2D eigenvalue weighted by molar-refractivity contribution is 7.10. The van der Waals surface area contributed by atoms with Crippen LogP contribution in [0.1, 0.15) is 24.1 Å². The van der Waals surface area contributed by atoms with Gasteiger partial charge in [-0.15, -0.1) is 23.7 Å². The van der Waals surface area contributed by atoms with Gasteiger partial charge in [0.05, 0.1) is 5.54 Å². The summed E-state index contributed by atoms with van der Waals surface area (Å²) < 4.78 is 0. The van der Waals surface area contributed by atoms with Crippen molar-refractivity contribution in [1.82, 2.24) is 5.32 Å². The molecule has 1 N–H and O–H groups in total. The zero-order valence-corrected chi connectivity index (χ0v) is 9.09. The van der Waals surface area contributed by atoms with Gasteiger partial charge in [0.1, 0.15) is 0 Å². The molecule has 1 saturated heterocycles. The van der Waals surface area contributed by atoms with Crippen molar-refractivity contribution in [1.29, 1.82) is 0 Å². The van der Waals surface area contributed by atoms with Crippen LogP contribution in [-0.4, -0.2) is 6.54 Å². The number of fused-ring (bicyclic) bond motifs is 1. The summed E-state index contributed by atoms with van der Waals surface area (Å²) in [6, 6.07) is 4.46. The topological polar surface area (TPSA) is 12.0 Å². The SMILES string of the molecule is Cl.c1csc([C@]23CC[C@H]2CCN3)c1. The van der Waals surface area contributed by atoms with E-state index in [0.29, 0.717) is 5.54 Å². The summed E-state index contributed by atoms with van der Waals surface area (Å²) in [5, 5.41) is 5.88. The molecule has 0 radical (unpaired) electrons. The zero-order chi connectivity index (χ0) is 8.02. The third-order valence-corrected chi connectivity index (χ3v) is 4.53. The normalized spacial score (nSPS) is 36.2. The molecule has 0 aromatic carbocycles. The van der Waals surface area contributed by atoms with Gasteiger partial charge in [0, 0.05) is 4.88 Å². The van der Waals surface area contributed by atoms with Crippen LogP contribution >= 0.6 is 23.7 Å². The van der Waals surface area contributed by atoms with Gasteiger partial charge in [-0.1, -0.05) is 6.07 Å². The van der Waals surface area contributed by atoms with Gasteiger partial charge in [-0.05, 0) is 43.2 Å². The van der Waals surface area contributed by atoms with E-state index in [-0.39, 0.29) is 12.4 Å². The quantitative estimate of drug-likeness (QED) is 0.760. The standard InChI is InChI=1S/C10H13NS.ClH/c1-2-9(12-7-1)10-5-3-8(10)4-6-11-10;/h1-2,7-8,11H,3-6H2;1H/t8-,10-;/m0./s1.